The molecule has 1 atom stereocenters. The van der Waals surface area contributed by atoms with Crippen LogP contribution in [-0.2, 0) is 0 Å². The fourth-order valence-electron chi connectivity index (χ4n) is 2.28. The Bertz CT molecular complexity index is 553. The molecule has 0 spiro atoms. The van der Waals surface area contributed by atoms with Crippen molar-refractivity contribution in [3.63, 3.8) is 0 Å². The first-order chi connectivity index (χ1) is 10.2. The monoisotopic (exact) mass is 287 g/mol. The van der Waals surface area contributed by atoms with Crippen molar-refractivity contribution in [1.82, 2.24) is 5.32 Å². The fraction of sp³-hybridized carbons (Fsp3) is 0.333. The van der Waals surface area contributed by atoms with E-state index in [-0.39, 0.29) is 11.9 Å². The molecule has 0 saturated carbocycles. The lowest BCUT2D eigenvalue weighted by Crippen LogP contribution is -2.21. The molecule has 21 heavy (non-hydrogen) atoms. The molecule has 0 aliphatic carbocycles. The summed E-state index contributed by atoms with van der Waals surface area (Å²) in [7, 11) is 0. The lowest BCUT2D eigenvalue weighted by molar-refractivity contribution is 0.448. The van der Waals surface area contributed by atoms with Gasteiger partial charge >= 0.3 is 0 Å². The highest BCUT2D eigenvalue weighted by molar-refractivity contribution is 5.39. The predicted molar refractivity (Wildman–Crippen MR) is 84.2 cm³/mol. The quantitative estimate of drug-likeness (QED) is 0.767. The lowest BCUT2D eigenvalue weighted by atomic mass is 10.0. The third-order valence-electron chi connectivity index (χ3n) is 3.38. The second-order valence-corrected chi connectivity index (χ2v) is 5.01. The summed E-state index contributed by atoms with van der Waals surface area (Å²) in [5, 5.41) is 3.53. The number of benzene rings is 2. The van der Waals surface area contributed by atoms with Crippen molar-refractivity contribution >= 4 is 0 Å². The van der Waals surface area contributed by atoms with Gasteiger partial charge in [0.2, 0.25) is 0 Å². The molecule has 0 aliphatic heterocycles. The van der Waals surface area contributed by atoms with Crippen LogP contribution in [0.15, 0.2) is 48.5 Å². The highest BCUT2D eigenvalue weighted by Gasteiger charge is 2.14. The minimum atomic E-state index is -0.258. The first-order valence-corrected chi connectivity index (χ1v) is 7.50. The zero-order valence-electron chi connectivity index (χ0n) is 12.6. The number of ether oxygens (including phenoxy) is 1. The molecule has 0 radical (unpaired) electrons. The summed E-state index contributed by atoms with van der Waals surface area (Å²) in [6, 6.07) is 14.4. The standard InChI is InChI=1S/C18H22FNO/c1-3-13-20-17(4-2)16-7-5-6-8-18(16)21-15-11-9-14(19)10-12-15/h5-12,17,20H,3-4,13H2,1-2H3. The van der Waals surface area contributed by atoms with E-state index in [1.54, 1.807) is 12.1 Å². The van der Waals surface area contributed by atoms with Crippen LogP contribution in [0.5, 0.6) is 11.5 Å². The van der Waals surface area contributed by atoms with Gasteiger partial charge in [0, 0.05) is 11.6 Å². The minimum Gasteiger partial charge on any atom is -0.457 e. The first kappa shape index (κ1) is 15.5. The van der Waals surface area contributed by atoms with Crippen LogP contribution in [0.25, 0.3) is 0 Å². The van der Waals surface area contributed by atoms with E-state index in [9.17, 15) is 4.39 Å². The molecule has 0 aliphatic rings. The Morgan fingerprint density at radius 1 is 1.05 bits per heavy atom. The molecule has 1 unspecified atom stereocenters. The Labute approximate surface area is 126 Å². The molecule has 2 aromatic carbocycles. The van der Waals surface area contributed by atoms with Gasteiger partial charge in [0.25, 0.3) is 0 Å². The molecular formula is C18H22FNO. The van der Waals surface area contributed by atoms with Gasteiger partial charge in [0.15, 0.2) is 0 Å². The summed E-state index contributed by atoms with van der Waals surface area (Å²) in [5.74, 6) is 1.21. The van der Waals surface area contributed by atoms with Crippen LogP contribution >= 0.6 is 0 Å². The normalized spacial score (nSPS) is 12.1. The molecule has 3 heteroatoms. The van der Waals surface area contributed by atoms with Crippen molar-refractivity contribution in [3.8, 4) is 11.5 Å². The Hall–Kier alpha value is -1.87. The smallest absolute Gasteiger partial charge is 0.132 e. The summed E-state index contributed by atoms with van der Waals surface area (Å²) < 4.78 is 18.9. The molecule has 0 bridgehead atoms. The van der Waals surface area contributed by atoms with Gasteiger partial charge < -0.3 is 10.1 Å². The van der Waals surface area contributed by atoms with E-state index in [2.05, 4.69) is 25.2 Å². The number of halogens is 1. The minimum absolute atomic E-state index is 0.258. The van der Waals surface area contributed by atoms with Crippen LogP contribution in [-0.4, -0.2) is 6.54 Å². The summed E-state index contributed by atoms with van der Waals surface area (Å²) >= 11 is 0. The molecule has 0 fully saturated rings. The van der Waals surface area contributed by atoms with E-state index in [0.717, 1.165) is 30.7 Å². The van der Waals surface area contributed by atoms with Gasteiger partial charge in [-0.3, -0.25) is 0 Å². The van der Waals surface area contributed by atoms with Gasteiger partial charge in [-0.05, 0) is 49.7 Å². The highest BCUT2D eigenvalue weighted by atomic mass is 19.1. The van der Waals surface area contributed by atoms with Crippen molar-refractivity contribution in [3.05, 3.63) is 59.9 Å². The Morgan fingerprint density at radius 2 is 1.76 bits per heavy atom. The van der Waals surface area contributed by atoms with Crippen LogP contribution in [0.4, 0.5) is 4.39 Å². The van der Waals surface area contributed by atoms with Crippen molar-refractivity contribution in [1.29, 1.82) is 0 Å². The largest absolute Gasteiger partial charge is 0.457 e. The average Bonchev–Trinajstić information content (AvgIpc) is 2.52. The first-order valence-electron chi connectivity index (χ1n) is 7.50. The van der Waals surface area contributed by atoms with Crippen molar-refractivity contribution in [2.24, 2.45) is 0 Å². The number of rotatable bonds is 7. The molecule has 2 nitrogen and oxygen atoms in total. The Balaban J connectivity index is 2.21. The fourth-order valence-corrected chi connectivity index (χ4v) is 2.28. The summed E-state index contributed by atoms with van der Waals surface area (Å²) in [6.07, 6.45) is 2.08. The molecular weight excluding hydrogens is 265 g/mol. The van der Waals surface area contributed by atoms with E-state index in [0.29, 0.717) is 5.75 Å². The van der Waals surface area contributed by atoms with Crippen LogP contribution < -0.4 is 10.1 Å². The van der Waals surface area contributed by atoms with Crippen molar-refractivity contribution in [2.75, 3.05) is 6.54 Å². The maximum Gasteiger partial charge on any atom is 0.132 e. The highest BCUT2D eigenvalue weighted by Crippen LogP contribution is 2.31. The maximum atomic E-state index is 13.0. The summed E-state index contributed by atoms with van der Waals surface area (Å²) in [6.45, 7) is 5.28. The second-order valence-electron chi connectivity index (χ2n) is 5.01. The zero-order chi connectivity index (χ0) is 15.1. The predicted octanol–water partition coefficient (Wildman–Crippen LogP) is 5.07. The molecule has 1 N–H and O–H groups in total. The molecule has 2 aromatic rings. The van der Waals surface area contributed by atoms with Crippen molar-refractivity contribution < 1.29 is 9.13 Å². The molecule has 0 heterocycles. The van der Waals surface area contributed by atoms with Gasteiger partial charge in [-0.15, -0.1) is 0 Å². The SMILES string of the molecule is CCCNC(CC)c1ccccc1Oc1ccc(F)cc1. The van der Waals surface area contributed by atoms with Crippen LogP contribution in [0.2, 0.25) is 0 Å². The number of hydrogen-bond donors (Lipinski definition) is 1. The van der Waals surface area contributed by atoms with E-state index >= 15 is 0 Å². The van der Waals surface area contributed by atoms with E-state index < -0.39 is 0 Å². The number of nitrogens with one attached hydrogen (secondary N) is 1. The van der Waals surface area contributed by atoms with Gasteiger partial charge in [0.1, 0.15) is 17.3 Å². The molecule has 2 rings (SSSR count). The maximum absolute atomic E-state index is 13.0. The lowest BCUT2D eigenvalue weighted by Gasteiger charge is -2.20. The van der Waals surface area contributed by atoms with E-state index in [1.165, 1.54) is 12.1 Å². The van der Waals surface area contributed by atoms with Gasteiger partial charge in [-0.25, -0.2) is 4.39 Å². The van der Waals surface area contributed by atoms with E-state index in [1.807, 2.05) is 18.2 Å². The summed E-state index contributed by atoms with van der Waals surface area (Å²) in [5.41, 5.74) is 1.14. The van der Waals surface area contributed by atoms with Gasteiger partial charge in [0.05, 0.1) is 0 Å². The molecule has 112 valence electrons. The van der Waals surface area contributed by atoms with E-state index in [4.69, 9.17) is 4.74 Å². The zero-order valence-corrected chi connectivity index (χ0v) is 12.6. The third kappa shape index (κ3) is 4.30. The molecule has 0 saturated heterocycles. The van der Waals surface area contributed by atoms with Gasteiger partial charge in [-0.2, -0.15) is 0 Å². The third-order valence-corrected chi connectivity index (χ3v) is 3.38. The van der Waals surface area contributed by atoms with Crippen LogP contribution in [0, 0.1) is 5.82 Å². The Morgan fingerprint density at radius 3 is 2.43 bits per heavy atom. The number of para-hydroxylation sites is 1. The van der Waals surface area contributed by atoms with Crippen LogP contribution in [0.3, 0.4) is 0 Å². The van der Waals surface area contributed by atoms with Crippen LogP contribution in [0.1, 0.15) is 38.3 Å². The average molecular weight is 287 g/mol. The number of hydrogen-bond acceptors (Lipinski definition) is 2. The Kier molecular flexibility index (Phi) is 5.76. The van der Waals surface area contributed by atoms with Crippen molar-refractivity contribution in [2.45, 2.75) is 32.7 Å². The molecule has 0 aromatic heterocycles. The topological polar surface area (TPSA) is 21.3 Å². The summed E-state index contributed by atoms with van der Waals surface area (Å²) in [4.78, 5) is 0. The molecule has 0 amide bonds. The second kappa shape index (κ2) is 7.79. The van der Waals surface area contributed by atoms with Gasteiger partial charge in [-0.1, -0.05) is 32.0 Å².